The molecule has 0 atom stereocenters. The number of carbonyl (C=O) groups excluding carboxylic acids is 2. The van der Waals surface area contributed by atoms with E-state index < -0.39 is 0 Å². The average Bonchev–Trinajstić information content (AvgIpc) is 3.19. The van der Waals surface area contributed by atoms with Gasteiger partial charge < -0.3 is 14.4 Å². The fourth-order valence-electron chi connectivity index (χ4n) is 3.04. The largest absolute Gasteiger partial charge is 0.497 e. The molecule has 1 amide bonds. The Kier molecular flexibility index (Phi) is 7.36. The van der Waals surface area contributed by atoms with Gasteiger partial charge in [0.2, 0.25) is 11.0 Å². The van der Waals surface area contributed by atoms with E-state index >= 15 is 0 Å². The van der Waals surface area contributed by atoms with Crippen LogP contribution in [0.1, 0.15) is 11.4 Å². The predicted molar refractivity (Wildman–Crippen MR) is 111 cm³/mol. The van der Waals surface area contributed by atoms with Gasteiger partial charge in [0.05, 0.1) is 27.2 Å². The normalized spacial score (nSPS) is 14.5. The zero-order valence-corrected chi connectivity index (χ0v) is 17.4. The minimum atomic E-state index is -0.292. The van der Waals surface area contributed by atoms with Gasteiger partial charge in [0.1, 0.15) is 10.8 Å². The molecule has 29 heavy (non-hydrogen) atoms. The van der Waals surface area contributed by atoms with Crippen LogP contribution in [0.3, 0.4) is 0 Å². The van der Waals surface area contributed by atoms with Crippen LogP contribution < -0.4 is 15.0 Å². The van der Waals surface area contributed by atoms with Crippen molar-refractivity contribution in [3.63, 3.8) is 0 Å². The first-order chi connectivity index (χ1) is 14.1. The summed E-state index contributed by atoms with van der Waals surface area (Å²) in [6.45, 7) is 3.64. The van der Waals surface area contributed by atoms with E-state index in [0.717, 1.165) is 37.6 Å². The molecular weight excluding hydrogens is 394 g/mol. The topological polar surface area (TPSA) is 96.9 Å². The van der Waals surface area contributed by atoms with E-state index in [4.69, 9.17) is 4.74 Å². The number of hydrogen-bond donors (Lipinski definition) is 1. The minimum Gasteiger partial charge on any atom is -0.497 e. The predicted octanol–water partition coefficient (Wildman–Crippen LogP) is 1.41. The summed E-state index contributed by atoms with van der Waals surface area (Å²) in [5, 5.41) is 11.9. The number of carbonyl (C=O) groups is 2. The molecule has 1 aromatic heterocycles. The lowest BCUT2D eigenvalue weighted by Gasteiger charge is -2.35. The summed E-state index contributed by atoms with van der Waals surface area (Å²) in [6, 6.07) is 8.01. The van der Waals surface area contributed by atoms with E-state index in [1.165, 1.54) is 18.4 Å². The zero-order valence-electron chi connectivity index (χ0n) is 16.6. The summed E-state index contributed by atoms with van der Waals surface area (Å²) in [5.74, 6) is 0.437. The maximum Gasteiger partial charge on any atom is 0.305 e. The van der Waals surface area contributed by atoms with Crippen molar-refractivity contribution in [3.05, 3.63) is 29.3 Å². The Balaban J connectivity index is 1.41. The first-order valence-corrected chi connectivity index (χ1v) is 10.2. The average molecular weight is 420 g/mol. The van der Waals surface area contributed by atoms with Gasteiger partial charge in [-0.05, 0) is 24.3 Å². The Labute approximate surface area is 173 Å². The highest BCUT2D eigenvalue weighted by Crippen LogP contribution is 2.21. The number of esters is 1. The highest BCUT2D eigenvalue weighted by molar-refractivity contribution is 7.15. The molecular formula is C19H25N5O4S. The number of benzene rings is 1. The summed E-state index contributed by atoms with van der Waals surface area (Å²) in [4.78, 5) is 27.9. The quantitative estimate of drug-likeness (QED) is 0.642. The van der Waals surface area contributed by atoms with Gasteiger partial charge in [-0.1, -0.05) is 11.3 Å². The maximum absolute atomic E-state index is 12.3. The number of aryl methyl sites for hydroxylation is 1. The molecule has 10 heteroatoms. The minimum absolute atomic E-state index is 0.112. The van der Waals surface area contributed by atoms with Gasteiger partial charge in [-0.25, -0.2) is 0 Å². The lowest BCUT2D eigenvalue weighted by atomic mass is 10.2. The van der Waals surface area contributed by atoms with E-state index in [-0.39, 0.29) is 18.3 Å². The van der Waals surface area contributed by atoms with Crippen LogP contribution in [-0.2, 0) is 20.7 Å². The number of hydrogen-bond acceptors (Lipinski definition) is 9. The summed E-state index contributed by atoms with van der Waals surface area (Å²) < 4.78 is 9.80. The van der Waals surface area contributed by atoms with Crippen molar-refractivity contribution < 1.29 is 19.1 Å². The molecule has 1 N–H and O–H groups in total. The molecule has 3 rings (SSSR count). The van der Waals surface area contributed by atoms with Gasteiger partial charge >= 0.3 is 5.97 Å². The van der Waals surface area contributed by atoms with Crippen molar-refractivity contribution >= 4 is 34.0 Å². The molecule has 0 aliphatic carbocycles. The highest BCUT2D eigenvalue weighted by Gasteiger charge is 2.20. The zero-order chi connectivity index (χ0) is 20.6. The highest BCUT2D eigenvalue weighted by atomic mass is 32.1. The number of rotatable bonds is 8. The first kappa shape index (κ1) is 21.0. The van der Waals surface area contributed by atoms with Crippen LogP contribution in [0, 0.1) is 0 Å². The second-order valence-corrected chi connectivity index (χ2v) is 7.65. The molecule has 156 valence electrons. The summed E-state index contributed by atoms with van der Waals surface area (Å²) in [6.07, 6.45) is 0.699. The Bertz CT molecular complexity index is 818. The molecule has 2 aromatic rings. The van der Waals surface area contributed by atoms with Crippen molar-refractivity contribution in [1.29, 1.82) is 0 Å². The molecule has 0 bridgehead atoms. The number of aromatic nitrogens is 2. The van der Waals surface area contributed by atoms with E-state index in [9.17, 15) is 9.59 Å². The molecule has 1 aliphatic heterocycles. The van der Waals surface area contributed by atoms with Crippen molar-refractivity contribution in [2.75, 3.05) is 57.2 Å². The first-order valence-electron chi connectivity index (χ1n) is 9.38. The third-order valence-electron chi connectivity index (χ3n) is 4.66. The molecule has 0 spiro atoms. The lowest BCUT2D eigenvalue weighted by Crippen LogP contribution is -2.48. The number of anilines is 2. The van der Waals surface area contributed by atoms with Crippen molar-refractivity contribution in [2.24, 2.45) is 0 Å². The van der Waals surface area contributed by atoms with Crippen molar-refractivity contribution in [3.8, 4) is 5.75 Å². The van der Waals surface area contributed by atoms with Crippen LogP contribution in [-0.4, -0.2) is 73.9 Å². The Hall–Kier alpha value is -2.72. The van der Waals surface area contributed by atoms with Gasteiger partial charge in [0.15, 0.2) is 0 Å². The second-order valence-electron chi connectivity index (χ2n) is 6.59. The van der Waals surface area contributed by atoms with E-state index in [1.54, 1.807) is 7.11 Å². The standard InChI is InChI=1S/C19H25N5O4S/c1-27-15-5-3-14(4-6-15)24-11-9-23(10-12-24)13-16(25)20-19-22-21-17(29-19)7-8-18(26)28-2/h3-6H,7-13H2,1-2H3,(H,20,22,25). The maximum atomic E-state index is 12.3. The third kappa shape index (κ3) is 6.13. The molecule has 1 saturated heterocycles. The third-order valence-corrected chi connectivity index (χ3v) is 5.56. The summed E-state index contributed by atoms with van der Waals surface area (Å²) in [5.41, 5.74) is 1.16. The molecule has 9 nitrogen and oxygen atoms in total. The van der Waals surface area contributed by atoms with Gasteiger partial charge in [0.25, 0.3) is 0 Å². The number of piperazine rings is 1. The van der Waals surface area contributed by atoms with Crippen molar-refractivity contribution in [1.82, 2.24) is 15.1 Å². The van der Waals surface area contributed by atoms with E-state index in [1.807, 2.05) is 12.1 Å². The molecule has 1 aromatic carbocycles. The molecule has 0 unspecified atom stereocenters. The molecule has 1 aliphatic rings. The van der Waals surface area contributed by atoms with Crippen LogP contribution in [0.15, 0.2) is 24.3 Å². The van der Waals surface area contributed by atoms with Crippen LogP contribution >= 0.6 is 11.3 Å². The van der Waals surface area contributed by atoms with Crippen molar-refractivity contribution in [2.45, 2.75) is 12.8 Å². The Morgan fingerprint density at radius 3 is 2.48 bits per heavy atom. The Morgan fingerprint density at radius 2 is 1.83 bits per heavy atom. The fourth-order valence-corrected chi connectivity index (χ4v) is 3.79. The number of nitrogens with zero attached hydrogens (tertiary/aromatic N) is 4. The van der Waals surface area contributed by atoms with Gasteiger partial charge in [-0.2, -0.15) is 0 Å². The van der Waals surface area contributed by atoms with Gasteiger partial charge in [-0.3, -0.25) is 19.8 Å². The van der Waals surface area contributed by atoms with Crippen LogP contribution in [0.5, 0.6) is 5.75 Å². The smallest absolute Gasteiger partial charge is 0.305 e. The van der Waals surface area contributed by atoms with Gasteiger partial charge in [0, 0.05) is 38.3 Å². The second kappa shape index (κ2) is 10.2. The molecule has 2 heterocycles. The van der Waals surface area contributed by atoms with Crippen LogP contribution in [0.4, 0.5) is 10.8 Å². The van der Waals surface area contributed by atoms with Crippen LogP contribution in [0.2, 0.25) is 0 Å². The van der Waals surface area contributed by atoms with Gasteiger partial charge in [-0.15, -0.1) is 10.2 Å². The number of nitrogens with one attached hydrogen (secondary N) is 1. The molecule has 1 fully saturated rings. The number of ether oxygens (including phenoxy) is 2. The lowest BCUT2D eigenvalue weighted by molar-refractivity contribution is -0.140. The fraction of sp³-hybridized carbons (Fsp3) is 0.474. The SMILES string of the molecule is COC(=O)CCc1nnc(NC(=O)CN2CCN(c3ccc(OC)cc3)CC2)s1. The van der Waals surface area contributed by atoms with E-state index in [2.05, 4.69) is 42.2 Å². The summed E-state index contributed by atoms with van der Waals surface area (Å²) >= 11 is 1.28. The monoisotopic (exact) mass is 419 g/mol. The van der Waals surface area contributed by atoms with E-state index in [0.29, 0.717) is 23.1 Å². The molecule has 0 radical (unpaired) electrons. The number of amides is 1. The number of methoxy groups -OCH3 is 2. The van der Waals surface area contributed by atoms with Crippen LogP contribution in [0.25, 0.3) is 0 Å². The Morgan fingerprint density at radius 1 is 1.10 bits per heavy atom. The summed E-state index contributed by atoms with van der Waals surface area (Å²) in [7, 11) is 3.01. The molecule has 0 saturated carbocycles.